The lowest BCUT2D eigenvalue weighted by molar-refractivity contribution is -0.109. The van der Waals surface area contributed by atoms with Gasteiger partial charge in [0.25, 0.3) is 5.91 Å². The number of primary amides is 1. The van der Waals surface area contributed by atoms with E-state index in [1.165, 1.54) is 0 Å². The van der Waals surface area contributed by atoms with E-state index in [1.54, 1.807) is 6.07 Å². The van der Waals surface area contributed by atoms with Gasteiger partial charge in [-0.05, 0) is 48.0 Å². The van der Waals surface area contributed by atoms with E-state index in [0.29, 0.717) is 30.8 Å². The van der Waals surface area contributed by atoms with Gasteiger partial charge in [-0.25, -0.2) is 0 Å². The number of hydrogen-bond donors (Lipinski definition) is 3. The maximum Gasteiger partial charge on any atom is 0.250 e. The van der Waals surface area contributed by atoms with Crippen molar-refractivity contribution in [3.05, 3.63) is 103 Å². The third-order valence-electron chi connectivity index (χ3n) is 6.79. The third-order valence-corrected chi connectivity index (χ3v) is 6.79. The van der Waals surface area contributed by atoms with E-state index >= 15 is 0 Å². The van der Waals surface area contributed by atoms with Crippen LogP contribution < -0.4 is 16.4 Å². The quantitative estimate of drug-likeness (QED) is 0.196. The number of aromatic nitrogens is 2. The molecule has 7 nitrogen and oxygen atoms in total. The normalized spacial score (nSPS) is 11.2. The molecule has 2 aromatic heterocycles. The Hall–Kier alpha value is -5.17. The highest BCUT2D eigenvalue weighted by Gasteiger charge is 2.18. The lowest BCUT2D eigenvalue weighted by Crippen LogP contribution is -2.22. The van der Waals surface area contributed by atoms with Gasteiger partial charge in [0.2, 0.25) is 6.41 Å². The van der Waals surface area contributed by atoms with Crippen molar-refractivity contribution in [3.63, 3.8) is 0 Å². The number of rotatable bonds is 8. The molecule has 4 N–H and O–H groups in total. The number of hydrogen-bond acceptors (Lipinski definition) is 4. The highest BCUT2D eigenvalue weighted by Crippen LogP contribution is 2.39. The minimum Gasteiger partial charge on any atom is -0.383 e. The molecular weight excluding hydrogens is 474 g/mol. The van der Waals surface area contributed by atoms with Crippen molar-refractivity contribution in [2.24, 2.45) is 5.73 Å². The molecule has 6 aromatic rings. The van der Waals surface area contributed by atoms with Gasteiger partial charge in [-0.1, -0.05) is 48.5 Å². The van der Waals surface area contributed by atoms with Gasteiger partial charge in [0.05, 0.1) is 22.1 Å². The van der Waals surface area contributed by atoms with Crippen LogP contribution in [0.5, 0.6) is 0 Å². The topological polar surface area (TPSA) is 102 Å². The lowest BCUT2D eigenvalue weighted by Gasteiger charge is -2.14. The summed E-state index contributed by atoms with van der Waals surface area (Å²) in [6, 6.07) is 30.5. The predicted molar refractivity (Wildman–Crippen MR) is 153 cm³/mol. The number of benzene rings is 4. The molecule has 4 aromatic carbocycles. The van der Waals surface area contributed by atoms with E-state index in [4.69, 9.17) is 10.7 Å². The van der Waals surface area contributed by atoms with Crippen LogP contribution >= 0.6 is 0 Å². The third kappa shape index (κ3) is 4.00. The van der Waals surface area contributed by atoms with Crippen molar-refractivity contribution in [3.8, 4) is 16.8 Å². The van der Waals surface area contributed by atoms with Gasteiger partial charge < -0.3 is 20.9 Å². The molecule has 0 saturated carbocycles. The predicted octanol–water partition coefficient (Wildman–Crippen LogP) is 5.26. The number of pyridine rings is 1. The van der Waals surface area contributed by atoms with Crippen LogP contribution in [-0.4, -0.2) is 35.0 Å². The van der Waals surface area contributed by atoms with Gasteiger partial charge in [0, 0.05) is 52.4 Å². The largest absolute Gasteiger partial charge is 0.383 e. The summed E-state index contributed by atoms with van der Waals surface area (Å²) in [6.07, 6.45) is 2.58. The van der Waals surface area contributed by atoms with Crippen molar-refractivity contribution >= 4 is 50.7 Å². The summed E-state index contributed by atoms with van der Waals surface area (Å²) in [7, 11) is 0. The van der Waals surface area contributed by atoms with E-state index in [9.17, 15) is 9.59 Å². The first-order chi connectivity index (χ1) is 18.7. The second-order valence-corrected chi connectivity index (χ2v) is 9.06. The number of nitrogens with two attached hydrogens (primary N) is 1. The standard InChI is InChI=1S/C31H25N5O2/c32-31(38)24-13-12-22(17-27(24)34-15-14-33-19-37)36-28-10-4-2-7-25(28)30-23(8-5-11-29(30)36)21-16-20-6-1-3-9-26(20)35-18-21/h1-13,16-19,34H,14-15H2,(H2,32,38)(H,33,37). The number of carbonyl (C=O) groups is 2. The Morgan fingerprint density at radius 2 is 1.71 bits per heavy atom. The smallest absolute Gasteiger partial charge is 0.250 e. The maximum absolute atomic E-state index is 12.1. The number of carbonyl (C=O) groups excluding carboxylic acids is 2. The summed E-state index contributed by atoms with van der Waals surface area (Å²) in [5, 5.41) is 9.20. The van der Waals surface area contributed by atoms with E-state index < -0.39 is 5.91 Å². The van der Waals surface area contributed by atoms with Crippen molar-refractivity contribution in [1.82, 2.24) is 14.9 Å². The van der Waals surface area contributed by atoms with Crippen LogP contribution in [0.3, 0.4) is 0 Å². The first-order valence-electron chi connectivity index (χ1n) is 12.4. The molecule has 0 aliphatic heterocycles. The Balaban J connectivity index is 1.56. The van der Waals surface area contributed by atoms with Gasteiger partial charge in [-0.3, -0.25) is 14.6 Å². The molecule has 0 aliphatic carbocycles. The summed E-state index contributed by atoms with van der Waals surface area (Å²) < 4.78 is 2.20. The summed E-state index contributed by atoms with van der Waals surface area (Å²) in [4.78, 5) is 27.5. The second-order valence-electron chi connectivity index (χ2n) is 9.06. The zero-order chi connectivity index (χ0) is 26.1. The second kappa shape index (κ2) is 9.71. The molecule has 0 radical (unpaired) electrons. The fraction of sp³-hybridized carbons (Fsp3) is 0.0645. The molecule has 2 heterocycles. The SMILES string of the molecule is NC(=O)c1ccc(-n2c3ccccc3c3c(-c4cnc5ccccc5c4)cccc32)cc1NCCNC=O. The highest BCUT2D eigenvalue weighted by atomic mass is 16.1. The molecular formula is C31H25N5O2. The van der Waals surface area contributed by atoms with Crippen LogP contribution in [0.25, 0.3) is 49.5 Å². The summed E-state index contributed by atoms with van der Waals surface area (Å²) in [5.41, 5.74) is 12.7. The van der Waals surface area contributed by atoms with Crippen molar-refractivity contribution in [2.75, 3.05) is 18.4 Å². The van der Waals surface area contributed by atoms with E-state index in [1.807, 2.05) is 48.7 Å². The van der Waals surface area contributed by atoms with Crippen LogP contribution in [0, 0.1) is 0 Å². The fourth-order valence-electron chi connectivity index (χ4n) is 5.12. The molecule has 7 heteroatoms. The Labute approximate surface area is 218 Å². The molecule has 0 saturated heterocycles. The zero-order valence-electron chi connectivity index (χ0n) is 20.5. The van der Waals surface area contributed by atoms with Crippen LogP contribution in [0.15, 0.2) is 97.2 Å². The summed E-state index contributed by atoms with van der Waals surface area (Å²) in [5.74, 6) is -0.518. The monoisotopic (exact) mass is 499 g/mol. The lowest BCUT2D eigenvalue weighted by atomic mass is 9.99. The van der Waals surface area contributed by atoms with Crippen LogP contribution in [0.2, 0.25) is 0 Å². The van der Waals surface area contributed by atoms with Crippen LogP contribution in [0.4, 0.5) is 5.69 Å². The molecule has 0 fully saturated rings. The van der Waals surface area contributed by atoms with E-state index in [-0.39, 0.29) is 0 Å². The fourth-order valence-corrected chi connectivity index (χ4v) is 5.12. The molecule has 0 spiro atoms. The first-order valence-corrected chi connectivity index (χ1v) is 12.4. The molecule has 0 aliphatic rings. The Morgan fingerprint density at radius 1 is 0.895 bits per heavy atom. The number of amides is 2. The summed E-state index contributed by atoms with van der Waals surface area (Å²) >= 11 is 0. The van der Waals surface area contributed by atoms with Gasteiger partial charge in [-0.2, -0.15) is 0 Å². The molecule has 0 atom stereocenters. The van der Waals surface area contributed by atoms with Gasteiger partial charge in [-0.15, -0.1) is 0 Å². The maximum atomic E-state index is 12.1. The van der Waals surface area contributed by atoms with Crippen molar-refractivity contribution in [1.29, 1.82) is 0 Å². The van der Waals surface area contributed by atoms with Gasteiger partial charge in [0.1, 0.15) is 0 Å². The van der Waals surface area contributed by atoms with Gasteiger partial charge in [0.15, 0.2) is 0 Å². The van der Waals surface area contributed by atoms with E-state index in [2.05, 4.69) is 57.7 Å². The van der Waals surface area contributed by atoms with E-state index in [0.717, 1.165) is 49.5 Å². The minimum atomic E-state index is -0.518. The Kier molecular flexibility index (Phi) is 5.94. The van der Waals surface area contributed by atoms with Crippen molar-refractivity contribution < 1.29 is 9.59 Å². The molecule has 2 amide bonds. The zero-order valence-corrected chi connectivity index (χ0v) is 20.5. The molecule has 0 unspecified atom stereocenters. The average molecular weight is 500 g/mol. The Morgan fingerprint density at radius 3 is 2.58 bits per heavy atom. The molecule has 38 heavy (non-hydrogen) atoms. The molecule has 6 rings (SSSR count). The highest BCUT2D eigenvalue weighted by molar-refractivity contribution is 6.16. The van der Waals surface area contributed by atoms with Crippen molar-refractivity contribution in [2.45, 2.75) is 0 Å². The van der Waals surface area contributed by atoms with Gasteiger partial charge >= 0.3 is 0 Å². The number of anilines is 1. The van der Waals surface area contributed by atoms with Crippen LogP contribution in [-0.2, 0) is 4.79 Å². The molecule has 186 valence electrons. The number of nitrogens with zero attached hydrogens (tertiary/aromatic N) is 2. The average Bonchev–Trinajstić information content (AvgIpc) is 3.29. The number of nitrogens with one attached hydrogen (secondary N) is 2. The Bertz CT molecular complexity index is 1840. The number of para-hydroxylation sites is 2. The minimum absolute atomic E-state index is 0.392. The summed E-state index contributed by atoms with van der Waals surface area (Å²) in [6.45, 7) is 0.874. The number of fused-ring (bicyclic) bond motifs is 4. The van der Waals surface area contributed by atoms with Crippen LogP contribution in [0.1, 0.15) is 10.4 Å². The first kappa shape index (κ1) is 23.2. The molecule has 0 bridgehead atoms.